The number of likely N-dealkylation sites (tertiary alicyclic amines) is 1. The number of carboxylic acid groups (broad SMARTS) is 1. The zero-order chi connectivity index (χ0) is 20.4. The lowest BCUT2D eigenvalue weighted by molar-refractivity contribution is -0.144. The van der Waals surface area contributed by atoms with Crippen LogP contribution in [-0.2, 0) is 11.0 Å². The summed E-state index contributed by atoms with van der Waals surface area (Å²) in [4.78, 5) is 24.6. The van der Waals surface area contributed by atoms with Crippen LogP contribution in [0, 0.1) is 11.8 Å². The maximum atomic E-state index is 13.0. The molecule has 1 aliphatic heterocycles. The van der Waals surface area contributed by atoms with E-state index in [9.17, 15) is 31.5 Å². The van der Waals surface area contributed by atoms with Crippen LogP contribution in [0.5, 0.6) is 5.75 Å². The number of carbonyl (C=O) groups is 2. The highest BCUT2D eigenvalue weighted by Gasteiger charge is 2.36. The predicted molar refractivity (Wildman–Crippen MR) is 83.6 cm³/mol. The van der Waals surface area contributed by atoms with Crippen molar-refractivity contribution in [2.45, 2.75) is 26.1 Å². The van der Waals surface area contributed by atoms with E-state index >= 15 is 0 Å². The molecule has 2 amide bonds. The highest BCUT2D eigenvalue weighted by Crippen LogP contribution is 2.38. The topological polar surface area (TPSA) is 78.9 Å². The Bertz CT molecular complexity index is 711. The fourth-order valence-electron chi connectivity index (χ4n) is 2.93. The molecule has 1 fully saturated rings. The number of benzene rings is 1. The second-order valence-corrected chi connectivity index (χ2v) is 6.30. The molecule has 6 nitrogen and oxygen atoms in total. The third-order valence-corrected chi connectivity index (χ3v) is 4.05. The molecule has 1 aliphatic rings. The van der Waals surface area contributed by atoms with Gasteiger partial charge in [0.05, 0.1) is 11.5 Å². The van der Waals surface area contributed by atoms with Crippen LogP contribution in [0.1, 0.15) is 18.9 Å². The number of ether oxygens (including phenoxy) is 1. The third kappa shape index (κ3) is 5.44. The molecule has 2 N–H and O–H groups in total. The molecule has 1 saturated heterocycles. The molecule has 0 spiro atoms. The molecular weight excluding hydrogens is 379 g/mol. The van der Waals surface area contributed by atoms with E-state index in [-0.39, 0.29) is 24.7 Å². The van der Waals surface area contributed by atoms with Gasteiger partial charge in [-0.25, -0.2) is 4.79 Å². The number of alkyl halides is 5. The van der Waals surface area contributed by atoms with Crippen molar-refractivity contribution in [2.24, 2.45) is 11.8 Å². The van der Waals surface area contributed by atoms with Crippen LogP contribution in [0.4, 0.5) is 32.4 Å². The normalized spacial score (nSPS) is 20.5. The van der Waals surface area contributed by atoms with Crippen molar-refractivity contribution in [1.82, 2.24) is 4.90 Å². The first kappa shape index (κ1) is 20.7. The maximum absolute atomic E-state index is 13.0. The van der Waals surface area contributed by atoms with E-state index in [2.05, 4.69) is 10.1 Å². The minimum Gasteiger partial charge on any atom is -0.481 e. The summed E-state index contributed by atoms with van der Waals surface area (Å²) in [5.74, 6) is -2.99. The number of piperidine rings is 1. The Morgan fingerprint density at radius 1 is 1.30 bits per heavy atom. The first-order valence-electron chi connectivity index (χ1n) is 7.92. The van der Waals surface area contributed by atoms with Crippen molar-refractivity contribution in [3.8, 4) is 5.75 Å². The van der Waals surface area contributed by atoms with E-state index in [0.717, 1.165) is 6.07 Å². The molecule has 2 atom stereocenters. The fourth-order valence-corrected chi connectivity index (χ4v) is 2.93. The van der Waals surface area contributed by atoms with Crippen molar-refractivity contribution in [2.75, 3.05) is 18.4 Å². The number of rotatable bonds is 4. The van der Waals surface area contributed by atoms with Gasteiger partial charge < -0.3 is 20.1 Å². The third-order valence-electron chi connectivity index (χ3n) is 4.05. The van der Waals surface area contributed by atoms with E-state index in [1.54, 1.807) is 6.92 Å². The lowest BCUT2D eigenvalue weighted by atomic mass is 9.91. The van der Waals surface area contributed by atoms with Crippen LogP contribution >= 0.6 is 0 Å². The van der Waals surface area contributed by atoms with E-state index in [4.69, 9.17) is 5.11 Å². The van der Waals surface area contributed by atoms with E-state index in [1.165, 1.54) is 4.90 Å². The predicted octanol–water partition coefficient (Wildman–Crippen LogP) is 3.88. The zero-order valence-corrected chi connectivity index (χ0v) is 14.1. The lowest BCUT2D eigenvalue weighted by Gasteiger charge is -2.34. The number of nitrogens with one attached hydrogen (secondary N) is 1. The highest BCUT2D eigenvalue weighted by molar-refractivity contribution is 5.90. The summed E-state index contributed by atoms with van der Waals surface area (Å²) in [7, 11) is 0. The number of aliphatic carboxylic acids is 1. The van der Waals surface area contributed by atoms with Crippen LogP contribution in [0.15, 0.2) is 18.2 Å². The standard InChI is InChI=1S/C16H17F5N2O4/c1-8-4-9(13(24)25)7-23(6-8)15(26)22-10-2-3-12(27-14(17)18)11(5-10)16(19,20)21/h2-3,5,8-9,14H,4,6-7H2,1H3,(H,22,26)(H,24,25). The summed E-state index contributed by atoms with van der Waals surface area (Å²) in [5.41, 5.74) is -1.74. The van der Waals surface area contributed by atoms with E-state index in [0.29, 0.717) is 18.6 Å². The summed E-state index contributed by atoms with van der Waals surface area (Å²) in [6, 6.07) is 1.39. The Labute approximate surface area is 150 Å². The monoisotopic (exact) mass is 396 g/mol. The van der Waals surface area contributed by atoms with Gasteiger partial charge in [0, 0.05) is 18.8 Å². The molecular formula is C16H17F5N2O4. The van der Waals surface area contributed by atoms with Gasteiger partial charge in [0.15, 0.2) is 0 Å². The summed E-state index contributed by atoms with van der Waals surface area (Å²) in [6.07, 6.45) is -4.59. The minimum atomic E-state index is -4.97. The zero-order valence-electron chi connectivity index (χ0n) is 14.1. The van der Waals surface area contributed by atoms with Gasteiger partial charge in [0.2, 0.25) is 0 Å². The number of amides is 2. The summed E-state index contributed by atoms with van der Waals surface area (Å²) in [6.45, 7) is -1.51. The molecule has 0 aliphatic carbocycles. The van der Waals surface area contributed by atoms with Crippen molar-refractivity contribution >= 4 is 17.7 Å². The van der Waals surface area contributed by atoms with Crippen LogP contribution in [0.2, 0.25) is 0 Å². The molecule has 2 rings (SSSR count). The maximum Gasteiger partial charge on any atom is 0.420 e. The van der Waals surface area contributed by atoms with Gasteiger partial charge in [-0.1, -0.05) is 6.92 Å². The number of anilines is 1. The van der Waals surface area contributed by atoms with Crippen molar-refractivity contribution in [1.29, 1.82) is 0 Å². The highest BCUT2D eigenvalue weighted by atomic mass is 19.4. The van der Waals surface area contributed by atoms with Crippen LogP contribution in [0.25, 0.3) is 0 Å². The Morgan fingerprint density at radius 3 is 2.52 bits per heavy atom. The van der Waals surface area contributed by atoms with Gasteiger partial charge >= 0.3 is 24.8 Å². The molecule has 0 aromatic heterocycles. The average molecular weight is 396 g/mol. The molecule has 11 heteroatoms. The molecule has 0 saturated carbocycles. The number of hydrogen-bond donors (Lipinski definition) is 2. The first-order valence-corrected chi connectivity index (χ1v) is 7.92. The smallest absolute Gasteiger partial charge is 0.420 e. The molecule has 0 bridgehead atoms. The Morgan fingerprint density at radius 2 is 1.96 bits per heavy atom. The lowest BCUT2D eigenvalue weighted by Crippen LogP contribution is -2.47. The average Bonchev–Trinajstić information content (AvgIpc) is 2.54. The van der Waals surface area contributed by atoms with E-state index < -0.39 is 42.0 Å². The molecule has 0 radical (unpaired) electrons. The molecule has 150 valence electrons. The largest absolute Gasteiger partial charge is 0.481 e. The van der Waals surface area contributed by atoms with Gasteiger partial charge in [-0.3, -0.25) is 4.79 Å². The molecule has 1 aromatic rings. The Balaban J connectivity index is 2.18. The Kier molecular flexibility index (Phi) is 6.11. The second-order valence-electron chi connectivity index (χ2n) is 6.30. The second kappa shape index (κ2) is 7.97. The minimum absolute atomic E-state index is 0.0792. The molecule has 27 heavy (non-hydrogen) atoms. The molecule has 1 aromatic carbocycles. The fraction of sp³-hybridized carbons (Fsp3) is 0.500. The van der Waals surface area contributed by atoms with Crippen molar-refractivity contribution < 1.29 is 41.4 Å². The number of hydrogen-bond acceptors (Lipinski definition) is 3. The van der Waals surface area contributed by atoms with Gasteiger partial charge in [-0.2, -0.15) is 22.0 Å². The number of carbonyl (C=O) groups excluding carboxylic acids is 1. The number of carboxylic acids is 1. The molecule has 1 heterocycles. The number of nitrogens with zero attached hydrogens (tertiary/aromatic N) is 1. The van der Waals surface area contributed by atoms with Crippen molar-refractivity contribution in [3.05, 3.63) is 23.8 Å². The van der Waals surface area contributed by atoms with Gasteiger partial charge in [-0.15, -0.1) is 0 Å². The molecule has 2 unspecified atom stereocenters. The SMILES string of the molecule is CC1CC(C(=O)O)CN(C(=O)Nc2ccc(OC(F)F)c(C(F)(F)F)c2)C1. The van der Waals surface area contributed by atoms with Crippen LogP contribution < -0.4 is 10.1 Å². The first-order chi connectivity index (χ1) is 12.5. The quantitative estimate of drug-likeness (QED) is 0.757. The van der Waals surface area contributed by atoms with Gasteiger partial charge in [0.1, 0.15) is 5.75 Å². The van der Waals surface area contributed by atoms with Crippen LogP contribution in [-0.4, -0.2) is 41.7 Å². The Hall–Kier alpha value is -2.59. The van der Waals surface area contributed by atoms with E-state index in [1.807, 2.05) is 0 Å². The van der Waals surface area contributed by atoms with Crippen molar-refractivity contribution in [3.63, 3.8) is 0 Å². The number of halogens is 5. The summed E-state index contributed by atoms with van der Waals surface area (Å²) >= 11 is 0. The summed E-state index contributed by atoms with van der Waals surface area (Å²) < 4.78 is 67.5. The van der Waals surface area contributed by atoms with Crippen LogP contribution in [0.3, 0.4) is 0 Å². The van der Waals surface area contributed by atoms with Gasteiger partial charge in [0.25, 0.3) is 0 Å². The number of urea groups is 1. The summed E-state index contributed by atoms with van der Waals surface area (Å²) in [5, 5.41) is 11.4. The van der Waals surface area contributed by atoms with Gasteiger partial charge in [-0.05, 0) is 30.5 Å².